The zero-order valence-corrected chi connectivity index (χ0v) is 17.7. The van der Waals surface area contributed by atoms with Crippen LogP contribution in [0.5, 0.6) is 0 Å². The smallest absolute Gasteiger partial charge is 0.235 e. The average molecular weight is 429 g/mol. The molecule has 0 spiro atoms. The maximum Gasteiger partial charge on any atom is 0.235 e. The van der Waals surface area contributed by atoms with Crippen molar-refractivity contribution < 1.29 is 9.18 Å². The molecule has 7 heteroatoms. The highest BCUT2D eigenvalue weighted by Gasteiger charge is 2.19. The number of rotatable bonds is 5. The largest absolute Gasteiger partial charge is 0.316 e. The standard InChI is InChI=1S/C21H17FN2OS3/c1-12-13(2)27-21(19(12)20-23-16-5-3-4-6-17(16)28-20)24-18(25)11-26-15-9-7-14(22)8-10-15/h3-10H,11H2,1-2H3,(H,24,25). The van der Waals surface area contributed by atoms with Crippen molar-refractivity contribution in [2.45, 2.75) is 18.7 Å². The Morgan fingerprint density at radius 1 is 1.11 bits per heavy atom. The summed E-state index contributed by atoms with van der Waals surface area (Å²) < 4.78 is 14.1. The molecule has 4 aromatic rings. The van der Waals surface area contributed by atoms with Crippen LogP contribution in [0.3, 0.4) is 0 Å². The first-order chi connectivity index (χ1) is 13.5. The van der Waals surface area contributed by atoms with E-state index >= 15 is 0 Å². The molecular weight excluding hydrogens is 411 g/mol. The van der Waals surface area contributed by atoms with Crippen molar-refractivity contribution in [3.8, 4) is 10.6 Å². The number of anilines is 1. The molecule has 0 atom stereocenters. The number of nitrogens with one attached hydrogen (secondary N) is 1. The number of para-hydroxylation sites is 1. The molecule has 142 valence electrons. The summed E-state index contributed by atoms with van der Waals surface area (Å²) in [5.41, 5.74) is 3.12. The SMILES string of the molecule is Cc1sc(NC(=O)CSc2ccc(F)cc2)c(-c2nc3ccccc3s2)c1C. The summed E-state index contributed by atoms with van der Waals surface area (Å²) in [6, 6.07) is 14.2. The first-order valence-electron chi connectivity index (χ1n) is 8.65. The van der Waals surface area contributed by atoms with Crippen molar-refractivity contribution in [2.24, 2.45) is 0 Å². The second kappa shape index (κ2) is 8.03. The highest BCUT2D eigenvalue weighted by atomic mass is 32.2. The summed E-state index contributed by atoms with van der Waals surface area (Å²) in [5, 5.41) is 4.80. The van der Waals surface area contributed by atoms with Gasteiger partial charge in [-0.25, -0.2) is 9.37 Å². The molecule has 0 unspecified atom stereocenters. The van der Waals surface area contributed by atoms with E-state index in [1.807, 2.05) is 18.2 Å². The predicted octanol–water partition coefficient (Wildman–Crippen LogP) is 6.51. The number of benzene rings is 2. The van der Waals surface area contributed by atoms with E-state index in [-0.39, 0.29) is 17.5 Å². The third-order valence-corrected chi connectivity index (χ3v) is 7.52. The molecule has 2 heterocycles. The number of amides is 1. The van der Waals surface area contributed by atoms with Gasteiger partial charge in [0.1, 0.15) is 15.8 Å². The lowest BCUT2D eigenvalue weighted by atomic mass is 10.1. The summed E-state index contributed by atoms with van der Waals surface area (Å²) in [7, 11) is 0. The molecule has 0 aliphatic heterocycles. The number of hydrogen-bond acceptors (Lipinski definition) is 5. The van der Waals surface area contributed by atoms with E-state index in [0.29, 0.717) is 0 Å². The molecule has 4 rings (SSSR count). The van der Waals surface area contributed by atoms with E-state index in [1.54, 1.807) is 34.8 Å². The van der Waals surface area contributed by atoms with E-state index in [1.165, 1.54) is 23.9 Å². The summed E-state index contributed by atoms with van der Waals surface area (Å²) in [5.74, 6) is -0.0993. The number of thiazole rings is 1. The summed E-state index contributed by atoms with van der Waals surface area (Å²) in [4.78, 5) is 19.3. The number of fused-ring (bicyclic) bond motifs is 1. The molecule has 28 heavy (non-hydrogen) atoms. The number of halogens is 1. The zero-order valence-electron chi connectivity index (χ0n) is 15.3. The molecule has 1 amide bonds. The number of carbonyl (C=O) groups is 1. The lowest BCUT2D eigenvalue weighted by molar-refractivity contribution is -0.113. The van der Waals surface area contributed by atoms with Gasteiger partial charge in [-0.2, -0.15) is 0 Å². The van der Waals surface area contributed by atoms with Crippen LogP contribution in [0.4, 0.5) is 9.39 Å². The van der Waals surface area contributed by atoms with Crippen LogP contribution in [0.1, 0.15) is 10.4 Å². The zero-order chi connectivity index (χ0) is 19.7. The van der Waals surface area contributed by atoms with Crippen molar-refractivity contribution in [1.82, 2.24) is 4.98 Å². The second-order valence-corrected chi connectivity index (χ2v) is 9.57. The summed E-state index contributed by atoms with van der Waals surface area (Å²) in [6.07, 6.45) is 0. The van der Waals surface area contributed by atoms with Gasteiger partial charge < -0.3 is 5.32 Å². The number of aryl methyl sites for hydroxylation is 1. The van der Waals surface area contributed by atoms with E-state index in [9.17, 15) is 9.18 Å². The van der Waals surface area contributed by atoms with Gasteiger partial charge >= 0.3 is 0 Å². The van der Waals surface area contributed by atoms with Crippen molar-refractivity contribution in [2.75, 3.05) is 11.1 Å². The number of hydrogen-bond donors (Lipinski definition) is 1. The molecule has 0 saturated heterocycles. The Hall–Kier alpha value is -2.22. The minimum atomic E-state index is -0.279. The Morgan fingerprint density at radius 2 is 1.86 bits per heavy atom. The quantitative estimate of drug-likeness (QED) is 0.368. The third-order valence-electron chi connectivity index (χ3n) is 4.33. The van der Waals surface area contributed by atoms with Gasteiger partial charge in [0, 0.05) is 15.3 Å². The predicted molar refractivity (Wildman–Crippen MR) is 118 cm³/mol. The molecule has 0 aliphatic rings. The Morgan fingerprint density at radius 3 is 2.61 bits per heavy atom. The van der Waals surface area contributed by atoms with Crippen LogP contribution in [0.15, 0.2) is 53.4 Å². The lowest BCUT2D eigenvalue weighted by Crippen LogP contribution is -2.13. The first-order valence-corrected chi connectivity index (χ1v) is 11.3. The molecule has 0 fully saturated rings. The summed E-state index contributed by atoms with van der Waals surface area (Å²) >= 11 is 4.59. The topological polar surface area (TPSA) is 42.0 Å². The highest BCUT2D eigenvalue weighted by molar-refractivity contribution is 8.00. The van der Waals surface area contributed by atoms with Crippen LogP contribution in [-0.2, 0) is 4.79 Å². The van der Waals surface area contributed by atoms with Gasteiger partial charge in [-0.3, -0.25) is 4.79 Å². The first kappa shape index (κ1) is 19.1. The maximum atomic E-state index is 13.0. The van der Waals surface area contributed by atoms with E-state index in [0.717, 1.165) is 41.1 Å². The van der Waals surface area contributed by atoms with E-state index < -0.39 is 0 Å². The Balaban J connectivity index is 1.55. The van der Waals surface area contributed by atoms with Crippen LogP contribution >= 0.6 is 34.4 Å². The molecule has 0 aliphatic carbocycles. The van der Waals surface area contributed by atoms with Crippen molar-refractivity contribution in [1.29, 1.82) is 0 Å². The van der Waals surface area contributed by atoms with Gasteiger partial charge in [-0.1, -0.05) is 12.1 Å². The maximum absolute atomic E-state index is 13.0. The number of thiophene rings is 1. The molecule has 1 N–H and O–H groups in total. The van der Waals surface area contributed by atoms with Crippen LogP contribution in [0.25, 0.3) is 20.8 Å². The van der Waals surface area contributed by atoms with Crippen molar-refractivity contribution in [3.63, 3.8) is 0 Å². The highest BCUT2D eigenvalue weighted by Crippen LogP contribution is 2.43. The molecule has 2 aromatic carbocycles. The monoisotopic (exact) mass is 428 g/mol. The van der Waals surface area contributed by atoms with Gasteiger partial charge in [0.2, 0.25) is 5.91 Å². The van der Waals surface area contributed by atoms with Crippen LogP contribution in [0, 0.1) is 19.7 Å². The fourth-order valence-electron chi connectivity index (χ4n) is 2.79. The molecule has 0 radical (unpaired) electrons. The van der Waals surface area contributed by atoms with Crippen molar-refractivity contribution >= 4 is 55.6 Å². The Kier molecular flexibility index (Phi) is 5.48. The molecule has 0 bridgehead atoms. The number of carbonyl (C=O) groups excluding carboxylic acids is 1. The number of nitrogens with zero attached hydrogens (tertiary/aromatic N) is 1. The van der Waals surface area contributed by atoms with E-state index in [4.69, 9.17) is 4.98 Å². The molecule has 3 nitrogen and oxygen atoms in total. The minimum Gasteiger partial charge on any atom is -0.316 e. The lowest BCUT2D eigenvalue weighted by Gasteiger charge is -2.06. The fourth-order valence-corrected chi connectivity index (χ4v) is 5.71. The summed E-state index contributed by atoms with van der Waals surface area (Å²) in [6.45, 7) is 4.12. The van der Waals surface area contributed by atoms with Crippen LogP contribution in [-0.4, -0.2) is 16.6 Å². The van der Waals surface area contributed by atoms with Gasteiger partial charge in [0.25, 0.3) is 0 Å². The number of aromatic nitrogens is 1. The molecule has 2 aromatic heterocycles. The second-order valence-electron chi connectivity index (χ2n) is 6.26. The average Bonchev–Trinajstić information content (AvgIpc) is 3.22. The fraction of sp³-hybridized carbons (Fsp3) is 0.143. The van der Waals surface area contributed by atoms with Gasteiger partial charge in [-0.15, -0.1) is 34.4 Å². The van der Waals surface area contributed by atoms with Crippen LogP contribution < -0.4 is 5.32 Å². The normalized spacial score (nSPS) is 11.1. The molecule has 0 saturated carbocycles. The Labute approximate surface area is 174 Å². The number of thioether (sulfide) groups is 1. The Bertz CT molecular complexity index is 1120. The molecular formula is C21H17FN2OS3. The minimum absolute atomic E-state index is 0.0852. The van der Waals surface area contributed by atoms with Gasteiger partial charge in [-0.05, 0) is 55.8 Å². The van der Waals surface area contributed by atoms with E-state index in [2.05, 4.69) is 25.2 Å². The third kappa shape index (κ3) is 3.97. The van der Waals surface area contributed by atoms with Crippen LogP contribution in [0.2, 0.25) is 0 Å². The van der Waals surface area contributed by atoms with Crippen molar-refractivity contribution in [3.05, 3.63) is 64.8 Å². The van der Waals surface area contributed by atoms with Gasteiger partial charge in [0.05, 0.1) is 16.0 Å². The van der Waals surface area contributed by atoms with Gasteiger partial charge in [0.15, 0.2) is 0 Å².